The quantitative estimate of drug-likeness (QED) is 0.493. The van der Waals surface area contributed by atoms with E-state index in [0.29, 0.717) is 38.4 Å². The number of benzene rings is 1. The Morgan fingerprint density at radius 1 is 1.20 bits per heavy atom. The third-order valence-electron chi connectivity index (χ3n) is 4.98. The third-order valence-corrected chi connectivity index (χ3v) is 6.79. The van der Waals surface area contributed by atoms with Gasteiger partial charge in [-0.2, -0.15) is 4.31 Å². The van der Waals surface area contributed by atoms with Crippen LogP contribution in [0, 0.1) is 0 Å². The summed E-state index contributed by atoms with van der Waals surface area (Å²) in [7, 11) is -1.36. The van der Waals surface area contributed by atoms with E-state index in [0.717, 1.165) is 24.7 Å². The van der Waals surface area contributed by atoms with Crippen LogP contribution in [0.3, 0.4) is 0 Å². The Labute approximate surface area is 178 Å². The van der Waals surface area contributed by atoms with Crippen molar-refractivity contribution in [3.8, 4) is 0 Å². The second kappa shape index (κ2) is 10.4. The number of aromatic nitrogens is 1. The molecule has 2 heterocycles. The van der Waals surface area contributed by atoms with Crippen molar-refractivity contribution in [2.45, 2.75) is 12.7 Å². The molecule has 30 heavy (non-hydrogen) atoms. The van der Waals surface area contributed by atoms with E-state index in [2.05, 4.69) is 39.5 Å². The van der Waals surface area contributed by atoms with E-state index in [1.807, 2.05) is 25.1 Å². The van der Waals surface area contributed by atoms with Gasteiger partial charge in [0.2, 0.25) is 10.0 Å². The number of piperazine rings is 1. The molecule has 2 aromatic rings. The summed E-state index contributed by atoms with van der Waals surface area (Å²) in [6.45, 7) is 6.28. The van der Waals surface area contributed by atoms with E-state index in [4.69, 9.17) is 9.52 Å². The molecule has 164 valence electrons. The number of likely N-dealkylation sites (N-methyl/N-ethyl adjacent to an activating group) is 1. The molecule has 0 atom stereocenters. The van der Waals surface area contributed by atoms with Crippen molar-refractivity contribution in [1.82, 2.24) is 19.7 Å². The lowest BCUT2D eigenvalue weighted by molar-refractivity contribution is 0.260. The standard InChI is InChI=1S/C20H30N6O3S/c1-3-21-20(22-10-11-24(2)19-7-5-4-6-8-19)25-12-14-26(15-13-25)30(27,28)17-18-9-16-29-23-18/h4-9,16H,3,10-15,17H2,1-2H3,(H,21,22). The fourth-order valence-electron chi connectivity index (χ4n) is 3.31. The Morgan fingerprint density at radius 2 is 1.93 bits per heavy atom. The number of para-hydroxylation sites is 1. The van der Waals surface area contributed by atoms with Crippen LogP contribution in [0.25, 0.3) is 0 Å². The molecule has 1 N–H and O–H groups in total. The number of hydrogen-bond donors (Lipinski definition) is 1. The highest BCUT2D eigenvalue weighted by atomic mass is 32.2. The zero-order valence-corrected chi connectivity index (χ0v) is 18.4. The number of hydrogen-bond acceptors (Lipinski definition) is 6. The average molecular weight is 435 g/mol. The van der Waals surface area contributed by atoms with Gasteiger partial charge in [-0.25, -0.2) is 8.42 Å². The summed E-state index contributed by atoms with van der Waals surface area (Å²) in [6.07, 6.45) is 1.39. The lowest BCUT2D eigenvalue weighted by atomic mass is 10.3. The first-order valence-corrected chi connectivity index (χ1v) is 11.8. The number of rotatable bonds is 8. The van der Waals surface area contributed by atoms with Crippen LogP contribution < -0.4 is 10.2 Å². The average Bonchev–Trinajstić information content (AvgIpc) is 3.26. The highest BCUT2D eigenvalue weighted by Crippen LogP contribution is 2.13. The molecular formula is C20H30N6O3S. The molecule has 1 aromatic carbocycles. The van der Waals surface area contributed by atoms with Gasteiger partial charge in [-0.15, -0.1) is 0 Å². The van der Waals surface area contributed by atoms with Crippen molar-refractivity contribution < 1.29 is 12.9 Å². The molecule has 1 aliphatic heterocycles. The molecule has 0 spiro atoms. The summed E-state index contributed by atoms with van der Waals surface area (Å²) in [4.78, 5) is 9.04. The maximum absolute atomic E-state index is 12.6. The monoisotopic (exact) mass is 434 g/mol. The van der Waals surface area contributed by atoms with E-state index in [1.165, 1.54) is 10.6 Å². The second-order valence-corrected chi connectivity index (χ2v) is 9.09. The minimum absolute atomic E-state index is 0.135. The summed E-state index contributed by atoms with van der Waals surface area (Å²) in [5.41, 5.74) is 1.58. The molecule has 0 amide bonds. The molecule has 0 unspecified atom stereocenters. The van der Waals surface area contributed by atoms with Crippen LogP contribution in [-0.4, -0.2) is 81.6 Å². The van der Waals surface area contributed by atoms with Crippen LogP contribution in [0.5, 0.6) is 0 Å². The van der Waals surface area contributed by atoms with E-state index in [-0.39, 0.29) is 5.75 Å². The second-order valence-electron chi connectivity index (χ2n) is 7.13. The molecular weight excluding hydrogens is 404 g/mol. The molecule has 3 rings (SSSR count). The Bertz CT molecular complexity index is 894. The van der Waals surface area contributed by atoms with Gasteiger partial charge in [0.25, 0.3) is 0 Å². The van der Waals surface area contributed by atoms with Gasteiger partial charge in [0.15, 0.2) is 5.96 Å². The van der Waals surface area contributed by atoms with Crippen LogP contribution in [0.4, 0.5) is 5.69 Å². The van der Waals surface area contributed by atoms with Gasteiger partial charge >= 0.3 is 0 Å². The van der Waals surface area contributed by atoms with Gasteiger partial charge in [-0.1, -0.05) is 23.4 Å². The van der Waals surface area contributed by atoms with Crippen LogP contribution >= 0.6 is 0 Å². The number of nitrogens with one attached hydrogen (secondary N) is 1. The lowest BCUT2D eigenvalue weighted by Gasteiger charge is -2.35. The molecule has 0 aliphatic carbocycles. The van der Waals surface area contributed by atoms with Crippen LogP contribution in [0.2, 0.25) is 0 Å². The Morgan fingerprint density at radius 3 is 2.57 bits per heavy atom. The molecule has 1 aromatic heterocycles. The summed E-state index contributed by atoms with van der Waals surface area (Å²) in [6, 6.07) is 11.8. The third kappa shape index (κ3) is 5.96. The minimum atomic E-state index is -3.41. The Balaban J connectivity index is 1.54. The van der Waals surface area contributed by atoms with Crippen molar-refractivity contribution in [2.75, 3.05) is 57.8 Å². The molecule has 9 nitrogen and oxygen atoms in total. The maximum atomic E-state index is 12.6. The lowest BCUT2D eigenvalue weighted by Crippen LogP contribution is -2.54. The van der Waals surface area contributed by atoms with E-state index >= 15 is 0 Å². The zero-order chi connectivity index (χ0) is 21.4. The van der Waals surface area contributed by atoms with E-state index in [1.54, 1.807) is 6.07 Å². The van der Waals surface area contributed by atoms with Crippen molar-refractivity contribution in [1.29, 1.82) is 0 Å². The van der Waals surface area contributed by atoms with E-state index in [9.17, 15) is 8.42 Å². The Hall–Kier alpha value is -2.59. The van der Waals surface area contributed by atoms with Crippen molar-refractivity contribution in [2.24, 2.45) is 4.99 Å². The minimum Gasteiger partial charge on any atom is -0.373 e. The van der Waals surface area contributed by atoms with Crippen LogP contribution in [-0.2, 0) is 15.8 Å². The first-order valence-electron chi connectivity index (χ1n) is 10.2. The summed E-state index contributed by atoms with van der Waals surface area (Å²) in [5.74, 6) is 0.691. The highest BCUT2D eigenvalue weighted by molar-refractivity contribution is 7.88. The number of anilines is 1. The molecule has 0 saturated carbocycles. The number of nitrogens with zero attached hydrogens (tertiary/aromatic N) is 5. The van der Waals surface area contributed by atoms with Gasteiger partial charge < -0.3 is 19.6 Å². The predicted octanol–water partition coefficient (Wildman–Crippen LogP) is 1.22. The molecule has 1 aliphatic rings. The summed E-state index contributed by atoms with van der Waals surface area (Å²) in [5, 5.41) is 7.03. The van der Waals surface area contributed by atoms with Gasteiger partial charge in [0.05, 0.1) is 12.2 Å². The van der Waals surface area contributed by atoms with Gasteiger partial charge in [-0.3, -0.25) is 4.99 Å². The smallest absolute Gasteiger partial charge is 0.220 e. The van der Waals surface area contributed by atoms with Gasteiger partial charge in [-0.05, 0) is 19.1 Å². The molecule has 0 radical (unpaired) electrons. The van der Waals surface area contributed by atoms with Crippen LogP contribution in [0.15, 0.2) is 52.2 Å². The van der Waals surface area contributed by atoms with E-state index < -0.39 is 10.0 Å². The van der Waals surface area contributed by atoms with Gasteiger partial charge in [0, 0.05) is 58.1 Å². The SMILES string of the molecule is CCNC(=NCCN(C)c1ccccc1)N1CCN(S(=O)(=O)Cc2ccon2)CC1. The topological polar surface area (TPSA) is 94.3 Å². The van der Waals surface area contributed by atoms with Crippen molar-refractivity contribution in [3.63, 3.8) is 0 Å². The van der Waals surface area contributed by atoms with Crippen LogP contribution in [0.1, 0.15) is 12.6 Å². The first kappa shape index (κ1) is 22.1. The normalized spacial score (nSPS) is 15.9. The fourth-order valence-corrected chi connectivity index (χ4v) is 4.74. The largest absolute Gasteiger partial charge is 0.373 e. The van der Waals surface area contributed by atoms with Gasteiger partial charge in [0.1, 0.15) is 12.0 Å². The summed E-state index contributed by atoms with van der Waals surface area (Å²) >= 11 is 0. The first-order chi connectivity index (χ1) is 14.5. The predicted molar refractivity (Wildman–Crippen MR) is 118 cm³/mol. The molecule has 1 saturated heterocycles. The van der Waals surface area contributed by atoms with Crippen molar-refractivity contribution in [3.05, 3.63) is 48.4 Å². The highest BCUT2D eigenvalue weighted by Gasteiger charge is 2.28. The number of guanidine groups is 1. The molecule has 10 heteroatoms. The summed E-state index contributed by atoms with van der Waals surface area (Å²) < 4.78 is 31.5. The fraction of sp³-hybridized carbons (Fsp3) is 0.500. The zero-order valence-electron chi connectivity index (χ0n) is 17.6. The number of sulfonamides is 1. The van der Waals surface area contributed by atoms with Crippen molar-refractivity contribution >= 4 is 21.7 Å². The Kier molecular flexibility index (Phi) is 7.69. The maximum Gasteiger partial charge on any atom is 0.220 e. The molecule has 1 fully saturated rings. The molecule has 0 bridgehead atoms. The number of aliphatic imine (C=N–C) groups is 1.